The van der Waals surface area contributed by atoms with Gasteiger partial charge in [-0.15, -0.1) is 0 Å². The number of aromatic nitrogens is 2. The van der Waals surface area contributed by atoms with E-state index in [9.17, 15) is 0 Å². The average molecular weight is 224 g/mol. The molecule has 3 aromatic rings. The van der Waals surface area contributed by atoms with E-state index in [0.717, 1.165) is 22.7 Å². The van der Waals surface area contributed by atoms with E-state index in [4.69, 9.17) is 4.74 Å². The van der Waals surface area contributed by atoms with E-state index in [1.807, 2.05) is 42.6 Å². The molecule has 0 N–H and O–H groups in total. The number of pyridine rings is 1. The molecule has 0 radical (unpaired) electrons. The fraction of sp³-hybridized carbons (Fsp3) is 0.0714. The van der Waals surface area contributed by atoms with Crippen molar-refractivity contribution in [3.05, 3.63) is 54.9 Å². The molecule has 0 unspecified atom stereocenters. The van der Waals surface area contributed by atoms with Gasteiger partial charge >= 0.3 is 0 Å². The number of benzene rings is 1. The van der Waals surface area contributed by atoms with Crippen molar-refractivity contribution in [3.63, 3.8) is 0 Å². The van der Waals surface area contributed by atoms with Gasteiger partial charge in [0, 0.05) is 18.0 Å². The van der Waals surface area contributed by atoms with Gasteiger partial charge in [-0.1, -0.05) is 18.2 Å². The number of fused-ring (bicyclic) bond motifs is 1. The number of methoxy groups -OCH3 is 1. The summed E-state index contributed by atoms with van der Waals surface area (Å²) in [5.74, 6) is 0.869. The van der Waals surface area contributed by atoms with Crippen LogP contribution in [-0.4, -0.2) is 16.5 Å². The Hall–Kier alpha value is -2.29. The molecule has 1 aromatic carbocycles. The maximum atomic E-state index is 5.39. The molecule has 0 aliphatic carbocycles. The lowest BCUT2D eigenvalue weighted by atomic mass is 10.1. The Morgan fingerprint density at radius 2 is 1.94 bits per heavy atom. The summed E-state index contributed by atoms with van der Waals surface area (Å²) in [6.45, 7) is 0. The molecular formula is C14H12N2O. The van der Waals surface area contributed by atoms with Crippen molar-refractivity contribution in [1.82, 2.24) is 9.38 Å². The zero-order valence-corrected chi connectivity index (χ0v) is 9.50. The molecule has 3 nitrogen and oxygen atoms in total. The van der Waals surface area contributed by atoms with E-state index >= 15 is 0 Å². The molecule has 0 aliphatic rings. The number of imidazole rings is 1. The van der Waals surface area contributed by atoms with Gasteiger partial charge in [-0.2, -0.15) is 0 Å². The number of hydrogen-bond donors (Lipinski definition) is 0. The van der Waals surface area contributed by atoms with Gasteiger partial charge in [-0.25, -0.2) is 4.98 Å². The minimum absolute atomic E-state index is 0.869. The van der Waals surface area contributed by atoms with Crippen molar-refractivity contribution >= 4 is 5.65 Å². The highest BCUT2D eigenvalue weighted by atomic mass is 16.5. The largest absolute Gasteiger partial charge is 0.496 e. The van der Waals surface area contributed by atoms with E-state index in [0.29, 0.717) is 0 Å². The molecule has 2 heterocycles. The molecule has 0 fully saturated rings. The number of para-hydroxylation sites is 1. The maximum absolute atomic E-state index is 5.39. The molecule has 0 amide bonds. The third-order valence-corrected chi connectivity index (χ3v) is 2.81. The number of ether oxygens (including phenoxy) is 1. The molecule has 17 heavy (non-hydrogen) atoms. The van der Waals surface area contributed by atoms with Crippen LogP contribution in [0.4, 0.5) is 0 Å². The summed E-state index contributed by atoms with van der Waals surface area (Å²) in [7, 11) is 1.69. The van der Waals surface area contributed by atoms with Gasteiger partial charge in [-0.05, 0) is 24.3 Å². The van der Waals surface area contributed by atoms with Crippen LogP contribution >= 0.6 is 0 Å². The smallest absolute Gasteiger partial charge is 0.137 e. The number of nitrogens with zero attached hydrogens (tertiary/aromatic N) is 2. The molecule has 0 atom stereocenters. The van der Waals surface area contributed by atoms with Gasteiger partial charge in [0.25, 0.3) is 0 Å². The van der Waals surface area contributed by atoms with Crippen LogP contribution in [0.25, 0.3) is 16.9 Å². The molecule has 84 valence electrons. The van der Waals surface area contributed by atoms with Crippen LogP contribution in [0, 0.1) is 0 Å². The predicted molar refractivity (Wildman–Crippen MR) is 67.2 cm³/mol. The van der Waals surface area contributed by atoms with Gasteiger partial charge in [-0.3, -0.25) is 4.40 Å². The second kappa shape index (κ2) is 3.94. The molecule has 0 aliphatic heterocycles. The van der Waals surface area contributed by atoms with Crippen LogP contribution in [-0.2, 0) is 0 Å². The second-order valence-electron chi connectivity index (χ2n) is 3.77. The molecular weight excluding hydrogens is 212 g/mol. The Bertz CT molecular complexity index is 658. The molecule has 0 bridgehead atoms. The highest BCUT2D eigenvalue weighted by Crippen LogP contribution is 2.29. The second-order valence-corrected chi connectivity index (χ2v) is 3.77. The number of rotatable bonds is 2. The van der Waals surface area contributed by atoms with E-state index in [1.165, 1.54) is 0 Å². The maximum Gasteiger partial charge on any atom is 0.137 e. The Labute approximate surface area is 99.3 Å². The monoisotopic (exact) mass is 224 g/mol. The summed E-state index contributed by atoms with van der Waals surface area (Å²) in [5, 5.41) is 0. The molecule has 3 rings (SSSR count). The zero-order chi connectivity index (χ0) is 11.7. The van der Waals surface area contributed by atoms with Crippen LogP contribution in [0.1, 0.15) is 0 Å². The third-order valence-electron chi connectivity index (χ3n) is 2.81. The fourth-order valence-electron chi connectivity index (χ4n) is 2.02. The van der Waals surface area contributed by atoms with Crippen molar-refractivity contribution in [3.8, 4) is 17.0 Å². The van der Waals surface area contributed by atoms with Gasteiger partial charge in [0.2, 0.25) is 0 Å². The van der Waals surface area contributed by atoms with E-state index in [2.05, 4.69) is 15.5 Å². The zero-order valence-electron chi connectivity index (χ0n) is 9.50. The summed E-state index contributed by atoms with van der Waals surface area (Å²) < 4.78 is 7.44. The van der Waals surface area contributed by atoms with E-state index in [-0.39, 0.29) is 0 Å². The highest BCUT2D eigenvalue weighted by molar-refractivity contribution is 5.69. The van der Waals surface area contributed by atoms with Crippen molar-refractivity contribution in [2.75, 3.05) is 7.11 Å². The molecule has 3 heteroatoms. The summed E-state index contributed by atoms with van der Waals surface area (Å²) in [6, 6.07) is 14.0. The van der Waals surface area contributed by atoms with Gasteiger partial charge in [0.15, 0.2) is 0 Å². The fourth-order valence-corrected chi connectivity index (χ4v) is 2.02. The summed E-state index contributed by atoms with van der Waals surface area (Å²) in [5.41, 5.74) is 3.09. The SMILES string of the molecule is COc1ccccc1-c1cccc2nccn12. The summed E-state index contributed by atoms with van der Waals surface area (Å²) in [6.07, 6.45) is 3.76. The Balaban J connectivity index is 2.30. The van der Waals surface area contributed by atoms with Gasteiger partial charge in [0.05, 0.1) is 12.8 Å². The number of hydrogen-bond acceptors (Lipinski definition) is 2. The standard InChI is InChI=1S/C14H12N2O/c1-17-13-7-3-2-5-11(13)12-6-4-8-14-15-9-10-16(12)14/h2-10H,1H3. The topological polar surface area (TPSA) is 26.5 Å². The predicted octanol–water partition coefficient (Wildman–Crippen LogP) is 3.01. The lowest BCUT2D eigenvalue weighted by molar-refractivity contribution is 0.416. The molecule has 0 spiro atoms. The lowest BCUT2D eigenvalue weighted by Crippen LogP contribution is -1.93. The first kappa shape index (κ1) is 9.90. The van der Waals surface area contributed by atoms with Crippen LogP contribution < -0.4 is 4.74 Å². The van der Waals surface area contributed by atoms with Crippen LogP contribution in [0.2, 0.25) is 0 Å². The first-order valence-corrected chi connectivity index (χ1v) is 5.45. The van der Waals surface area contributed by atoms with Crippen LogP contribution in [0.15, 0.2) is 54.9 Å². The first-order chi connectivity index (χ1) is 8.40. The summed E-state index contributed by atoms with van der Waals surface area (Å²) >= 11 is 0. The normalized spacial score (nSPS) is 10.6. The lowest BCUT2D eigenvalue weighted by Gasteiger charge is -2.10. The van der Waals surface area contributed by atoms with E-state index in [1.54, 1.807) is 13.3 Å². The highest BCUT2D eigenvalue weighted by Gasteiger charge is 2.08. The average Bonchev–Trinajstić information content (AvgIpc) is 2.86. The molecule has 0 saturated heterocycles. The molecule has 2 aromatic heterocycles. The van der Waals surface area contributed by atoms with Crippen LogP contribution in [0.5, 0.6) is 5.75 Å². The van der Waals surface area contributed by atoms with E-state index < -0.39 is 0 Å². The minimum atomic E-state index is 0.869. The Kier molecular flexibility index (Phi) is 2.29. The molecule has 0 saturated carbocycles. The minimum Gasteiger partial charge on any atom is -0.496 e. The van der Waals surface area contributed by atoms with Crippen molar-refractivity contribution in [2.45, 2.75) is 0 Å². The third kappa shape index (κ3) is 1.56. The van der Waals surface area contributed by atoms with Crippen molar-refractivity contribution < 1.29 is 4.74 Å². The van der Waals surface area contributed by atoms with Crippen molar-refractivity contribution in [1.29, 1.82) is 0 Å². The quantitative estimate of drug-likeness (QED) is 0.669. The van der Waals surface area contributed by atoms with Gasteiger partial charge in [0.1, 0.15) is 11.4 Å². The Morgan fingerprint density at radius 3 is 2.82 bits per heavy atom. The summed E-state index contributed by atoms with van der Waals surface area (Å²) in [4.78, 5) is 4.28. The Morgan fingerprint density at radius 1 is 1.06 bits per heavy atom. The van der Waals surface area contributed by atoms with Crippen molar-refractivity contribution in [2.24, 2.45) is 0 Å². The first-order valence-electron chi connectivity index (χ1n) is 5.45. The van der Waals surface area contributed by atoms with Crippen LogP contribution in [0.3, 0.4) is 0 Å². The van der Waals surface area contributed by atoms with Gasteiger partial charge < -0.3 is 4.74 Å².